The van der Waals surface area contributed by atoms with Crippen LogP contribution >= 0.6 is 0 Å². The molecule has 3 fully saturated rings. The van der Waals surface area contributed by atoms with Crippen molar-refractivity contribution in [2.75, 3.05) is 52.4 Å². The van der Waals surface area contributed by atoms with Gasteiger partial charge < -0.3 is 9.80 Å². The molecule has 0 N–H and O–H groups in total. The first kappa shape index (κ1) is 22.2. The van der Waals surface area contributed by atoms with Crippen molar-refractivity contribution in [1.82, 2.24) is 19.0 Å². The van der Waals surface area contributed by atoms with Gasteiger partial charge in [-0.3, -0.25) is 14.5 Å². The molecule has 3 aliphatic rings. The molecule has 0 aromatic heterocycles. The average molecular weight is 449 g/mol. The maximum atomic E-state index is 13.3. The molecule has 9 heteroatoms. The first-order valence-electron chi connectivity index (χ1n) is 11.3. The zero-order chi connectivity index (χ0) is 21.8. The summed E-state index contributed by atoms with van der Waals surface area (Å²) in [4.78, 5) is 31.7. The van der Waals surface area contributed by atoms with Crippen LogP contribution in [0.5, 0.6) is 0 Å². The van der Waals surface area contributed by atoms with Crippen LogP contribution in [0.2, 0.25) is 0 Å². The van der Waals surface area contributed by atoms with Gasteiger partial charge in [-0.1, -0.05) is 24.6 Å². The van der Waals surface area contributed by atoms with Gasteiger partial charge in [-0.05, 0) is 37.8 Å². The molecular weight excluding hydrogens is 416 g/mol. The fourth-order valence-corrected chi connectivity index (χ4v) is 6.43. The molecule has 170 valence electrons. The standard InChI is InChI=1S/C22H32N4O4S/c27-21(24-11-6-7-12-24)18-23-14-16-25(17-15-23)22(28)20-10-4-5-13-26(20)31(29,30)19-8-2-1-3-9-19/h1-3,8-9,20H,4-7,10-18H2. The Bertz CT molecular complexity index is 878. The van der Waals surface area contributed by atoms with Gasteiger partial charge in [-0.25, -0.2) is 8.42 Å². The van der Waals surface area contributed by atoms with E-state index in [-0.39, 0.29) is 16.7 Å². The number of benzene rings is 1. The smallest absolute Gasteiger partial charge is 0.243 e. The maximum Gasteiger partial charge on any atom is 0.243 e. The Morgan fingerprint density at radius 1 is 0.806 bits per heavy atom. The minimum Gasteiger partial charge on any atom is -0.342 e. The van der Waals surface area contributed by atoms with E-state index < -0.39 is 16.1 Å². The number of amides is 2. The number of piperidine rings is 1. The Labute approximate surface area is 184 Å². The van der Waals surface area contributed by atoms with Gasteiger partial charge in [0.1, 0.15) is 6.04 Å². The van der Waals surface area contributed by atoms with Crippen LogP contribution in [-0.2, 0) is 19.6 Å². The van der Waals surface area contributed by atoms with E-state index >= 15 is 0 Å². The summed E-state index contributed by atoms with van der Waals surface area (Å²) in [5, 5.41) is 0. The summed E-state index contributed by atoms with van der Waals surface area (Å²) in [6.45, 7) is 4.82. The summed E-state index contributed by atoms with van der Waals surface area (Å²) < 4.78 is 27.8. The van der Waals surface area contributed by atoms with Crippen LogP contribution in [0.3, 0.4) is 0 Å². The number of carbonyl (C=O) groups excluding carboxylic acids is 2. The molecule has 4 rings (SSSR count). The number of hydrogen-bond acceptors (Lipinski definition) is 5. The molecule has 0 radical (unpaired) electrons. The number of hydrogen-bond donors (Lipinski definition) is 0. The normalized spacial score (nSPS) is 23.8. The van der Waals surface area contributed by atoms with Gasteiger partial charge in [0.25, 0.3) is 0 Å². The van der Waals surface area contributed by atoms with Crippen molar-refractivity contribution in [3.05, 3.63) is 30.3 Å². The highest BCUT2D eigenvalue weighted by molar-refractivity contribution is 7.89. The highest BCUT2D eigenvalue weighted by Gasteiger charge is 2.40. The van der Waals surface area contributed by atoms with Gasteiger partial charge in [-0.15, -0.1) is 0 Å². The van der Waals surface area contributed by atoms with Crippen LogP contribution in [0.25, 0.3) is 0 Å². The Morgan fingerprint density at radius 3 is 2.13 bits per heavy atom. The van der Waals surface area contributed by atoms with Crippen LogP contribution < -0.4 is 0 Å². The topological polar surface area (TPSA) is 81.2 Å². The molecule has 0 bridgehead atoms. The van der Waals surface area contributed by atoms with E-state index in [4.69, 9.17) is 0 Å². The maximum absolute atomic E-state index is 13.3. The number of nitrogens with zero attached hydrogens (tertiary/aromatic N) is 4. The van der Waals surface area contributed by atoms with E-state index in [0.717, 1.165) is 38.8 Å². The lowest BCUT2D eigenvalue weighted by Crippen LogP contribution is -2.57. The highest BCUT2D eigenvalue weighted by atomic mass is 32.2. The predicted molar refractivity (Wildman–Crippen MR) is 117 cm³/mol. The fourth-order valence-electron chi connectivity index (χ4n) is 4.76. The van der Waals surface area contributed by atoms with E-state index in [1.54, 1.807) is 35.2 Å². The average Bonchev–Trinajstić information content (AvgIpc) is 3.35. The molecule has 1 unspecified atom stereocenters. The molecule has 3 heterocycles. The Balaban J connectivity index is 1.37. The lowest BCUT2D eigenvalue weighted by atomic mass is 10.0. The van der Waals surface area contributed by atoms with Crippen LogP contribution in [-0.4, -0.2) is 97.6 Å². The van der Waals surface area contributed by atoms with Crippen molar-refractivity contribution in [3.63, 3.8) is 0 Å². The third-order valence-corrected chi connectivity index (χ3v) is 8.51. The molecule has 31 heavy (non-hydrogen) atoms. The zero-order valence-electron chi connectivity index (χ0n) is 18.0. The van der Waals surface area contributed by atoms with Gasteiger partial charge in [0.15, 0.2) is 0 Å². The number of carbonyl (C=O) groups is 2. The molecule has 8 nitrogen and oxygen atoms in total. The summed E-state index contributed by atoms with van der Waals surface area (Å²) in [6, 6.07) is 7.72. The highest BCUT2D eigenvalue weighted by Crippen LogP contribution is 2.27. The molecule has 0 saturated carbocycles. The van der Waals surface area contributed by atoms with Crippen molar-refractivity contribution in [2.45, 2.75) is 43.0 Å². The first-order valence-corrected chi connectivity index (χ1v) is 12.8. The number of rotatable bonds is 5. The quantitative estimate of drug-likeness (QED) is 0.671. The molecule has 3 saturated heterocycles. The first-order chi connectivity index (χ1) is 15.0. The SMILES string of the molecule is O=C(CN1CCN(C(=O)C2CCCCN2S(=O)(=O)c2ccccc2)CC1)N1CCCC1. The van der Waals surface area contributed by atoms with Crippen LogP contribution in [0, 0.1) is 0 Å². The number of likely N-dealkylation sites (tertiary alicyclic amines) is 1. The van der Waals surface area contributed by atoms with E-state index in [1.807, 2.05) is 4.90 Å². The molecule has 1 aromatic rings. The van der Waals surface area contributed by atoms with Crippen molar-refractivity contribution in [3.8, 4) is 0 Å². The molecule has 1 atom stereocenters. The summed E-state index contributed by atoms with van der Waals surface area (Å²) in [5.74, 6) is 0.0643. The van der Waals surface area contributed by atoms with Crippen molar-refractivity contribution in [1.29, 1.82) is 0 Å². The third-order valence-electron chi connectivity index (χ3n) is 6.59. The minimum atomic E-state index is -3.71. The molecule has 0 spiro atoms. The lowest BCUT2D eigenvalue weighted by Gasteiger charge is -2.40. The second-order valence-electron chi connectivity index (χ2n) is 8.63. The Hall–Kier alpha value is -1.97. The van der Waals surface area contributed by atoms with Crippen molar-refractivity contribution < 1.29 is 18.0 Å². The molecule has 3 aliphatic heterocycles. The molecular formula is C22H32N4O4S. The largest absolute Gasteiger partial charge is 0.342 e. The van der Waals surface area contributed by atoms with Gasteiger partial charge in [-0.2, -0.15) is 4.31 Å². The minimum absolute atomic E-state index is 0.107. The van der Waals surface area contributed by atoms with Crippen molar-refractivity contribution >= 4 is 21.8 Å². The Morgan fingerprint density at radius 2 is 1.45 bits per heavy atom. The summed E-state index contributed by atoms with van der Waals surface area (Å²) in [5.41, 5.74) is 0. The van der Waals surface area contributed by atoms with Crippen LogP contribution in [0.1, 0.15) is 32.1 Å². The lowest BCUT2D eigenvalue weighted by molar-refractivity contribution is -0.138. The summed E-state index contributed by atoms with van der Waals surface area (Å²) in [7, 11) is -3.71. The summed E-state index contributed by atoms with van der Waals surface area (Å²) in [6.07, 6.45) is 4.33. The number of sulfonamides is 1. The van der Waals surface area contributed by atoms with Crippen LogP contribution in [0.4, 0.5) is 0 Å². The van der Waals surface area contributed by atoms with E-state index in [9.17, 15) is 18.0 Å². The fraction of sp³-hybridized carbons (Fsp3) is 0.636. The molecule has 1 aromatic carbocycles. The van der Waals surface area contributed by atoms with Crippen molar-refractivity contribution in [2.24, 2.45) is 0 Å². The zero-order valence-corrected chi connectivity index (χ0v) is 18.8. The monoisotopic (exact) mass is 448 g/mol. The van der Waals surface area contributed by atoms with Gasteiger partial charge >= 0.3 is 0 Å². The van der Waals surface area contributed by atoms with Gasteiger partial charge in [0, 0.05) is 45.8 Å². The number of piperazine rings is 1. The Kier molecular flexibility index (Phi) is 6.93. The summed E-state index contributed by atoms with van der Waals surface area (Å²) >= 11 is 0. The van der Waals surface area contributed by atoms with E-state index in [2.05, 4.69) is 4.90 Å². The second kappa shape index (κ2) is 9.67. The van der Waals surface area contributed by atoms with Gasteiger partial charge in [0.05, 0.1) is 11.4 Å². The second-order valence-corrected chi connectivity index (χ2v) is 10.5. The molecule has 0 aliphatic carbocycles. The van der Waals surface area contributed by atoms with Crippen LogP contribution in [0.15, 0.2) is 35.2 Å². The predicted octanol–water partition coefficient (Wildman–Crippen LogP) is 0.996. The molecule has 2 amide bonds. The van der Waals surface area contributed by atoms with E-state index in [0.29, 0.717) is 45.7 Å². The van der Waals surface area contributed by atoms with Gasteiger partial charge in [0.2, 0.25) is 21.8 Å². The third kappa shape index (κ3) is 4.94. The van der Waals surface area contributed by atoms with E-state index in [1.165, 1.54) is 4.31 Å².